The Bertz CT molecular complexity index is 515. The molecular weight excluding hydrogens is 268 g/mol. The van der Waals surface area contributed by atoms with Crippen LogP contribution in [0.4, 0.5) is 0 Å². The van der Waals surface area contributed by atoms with Crippen molar-refractivity contribution in [3.63, 3.8) is 0 Å². The number of hydrogen-bond donors (Lipinski definition) is 1. The van der Waals surface area contributed by atoms with E-state index in [1.165, 1.54) is 6.42 Å². The third-order valence-corrected chi connectivity index (χ3v) is 4.59. The number of thiocarbonyl (C=S) groups is 1. The number of nitrogens with two attached hydrogens (primary N) is 1. The second-order valence-electron chi connectivity index (χ2n) is 6.13. The van der Waals surface area contributed by atoms with Gasteiger partial charge in [0.15, 0.2) is 0 Å². The average molecular weight is 292 g/mol. The molecule has 0 radical (unpaired) electrons. The Hall–Kier alpha value is -1.16. The fourth-order valence-electron chi connectivity index (χ4n) is 2.95. The third-order valence-electron chi connectivity index (χ3n) is 4.39. The largest absolute Gasteiger partial charge is 0.474 e. The number of aromatic nitrogens is 1. The number of aryl methyl sites for hydroxylation is 2. The molecule has 2 N–H and O–H groups in total. The van der Waals surface area contributed by atoms with Crippen molar-refractivity contribution in [3.05, 3.63) is 22.9 Å². The molecule has 1 aromatic rings. The highest BCUT2D eigenvalue weighted by atomic mass is 32.1. The molecule has 0 amide bonds. The second kappa shape index (κ2) is 6.08. The summed E-state index contributed by atoms with van der Waals surface area (Å²) < 4.78 is 6.15. The summed E-state index contributed by atoms with van der Waals surface area (Å²) in [6.07, 6.45) is 3.59. The lowest BCUT2D eigenvalue weighted by Gasteiger charge is -2.32. The molecule has 3 nitrogen and oxygen atoms in total. The van der Waals surface area contributed by atoms with Crippen LogP contribution in [0.25, 0.3) is 0 Å². The van der Waals surface area contributed by atoms with Crippen molar-refractivity contribution in [1.29, 1.82) is 0 Å². The standard InChI is InChI=1S/C16H24N2OS/c1-9-5-6-13(8-10(9)2)19-16-14(15(17)20)11(3)7-12(4)18-16/h7,9-10,13H,5-6,8H2,1-4H3,(H2,17,20). The number of pyridine rings is 1. The fourth-order valence-corrected chi connectivity index (χ4v) is 3.20. The lowest BCUT2D eigenvalue weighted by molar-refractivity contribution is 0.0961. The Morgan fingerprint density at radius 2 is 2.00 bits per heavy atom. The zero-order chi connectivity index (χ0) is 14.9. The Morgan fingerprint density at radius 1 is 1.30 bits per heavy atom. The van der Waals surface area contributed by atoms with E-state index in [9.17, 15) is 0 Å². The van der Waals surface area contributed by atoms with Gasteiger partial charge in [-0.05, 0) is 56.6 Å². The van der Waals surface area contributed by atoms with Crippen LogP contribution in [0, 0.1) is 25.7 Å². The Morgan fingerprint density at radius 3 is 2.60 bits per heavy atom. The van der Waals surface area contributed by atoms with Gasteiger partial charge in [0.2, 0.25) is 5.88 Å². The second-order valence-corrected chi connectivity index (χ2v) is 6.57. The monoisotopic (exact) mass is 292 g/mol. The lowest BCUT2D eigenvalue weighted by atomic mass is 9.80. The molecular formula is C16H24N2OS. The minimum Gasteiger partial charge on any atom is -0.474 e. The van der Waals surface area contributed by atoms with Gasteiger partial charge < -0.3 is 10.5 Å². The molecule has 0 spiro atoms. The average Bonchev–Trinajstić information content (AvgIpc) is 2.32. The first-order valence-electron chi connectivity index (χ1n) is 7.33. The first-order valence-corrected chi connectivity index (χ1v) is 7.74. The van der Waals surface area contributed by atoms with E-state index in [1.54, 1.807) is 0 Å². The minimum atomic E-state index is 0.225. The van der Waals surface area contributed by atoms with Crippen LogP contribution in [0.5, 0.6) is 5.88 Å². The molecule has 1 fully saturated rings. The van der Waals surface area contributed by atoms with Crippen LogP contribution in [0.1, 0.15) is 49.9 Å². The highest BCUT2D eigenvalue weighted by Crippen LogP contribution is 2.32. The van der Waals surface area contributed by atoms with Crippen molar-refractivity contribution in [3.8, 4) is 5.88 Å². The van der Waals surface area contributed by atoms with E-state index in [2.05, 4.69) is 18.8 Å². The maximum Gasteiger partial charge on any atom is 0.224 e. The molecule has 0 bridgehead atoms. The van der Waals surface area contributed by atoms with E-state index in [0.29, 0.717) is 16.8 Å². The molecule has 2 rings (SSSR count). The lowest BCUT2D eigenvalue weighted by Crippen LogP contribution is -2.30. The summed E-state index contributed by atoms with van der Waals surface area (Å²) in [5.41, 5.74) is 8.60. The van der Waals surface area contributed by atoms with Crippen LogP contribution in [-0.2, 0) is 0 Å². The molecule has 1 heterocycles. The van der Waals surface area contributed by atoms with Gasteiger partial charge in [0.05, 0.1) is 5.56 Å². The van der Waals surface area contributed by atoms with E-state index >= 15 is 0 Å². The van der Waals surface area contributed by atoms with Crippen LogP contribution >= 0.6 is 12.2 Å². The third kappa shape index (κ3) is 3.29. The molecule has 1 aliphatic carbocycles. The van der Waals surface area contributed by atoms with Gasteiger partial charge in [-0.2, -0.15) is 0 Å². The van der Waals surface area contributed by atoms with E-state index in [1.807, 2.05) is 19.9 Å². The number of rotatable bonds is 3. The van der Waals surface area contributed by atoms with Gasteiger partial charge >= 0.3 is 0 Å². The number of nitrogens with zero attached hydrogens (tertiary/aromatic N) is 1. The first-order chi connectivity index (χ1) is 9.38. The molecule has 3 atom stereocenters. The van der Waals surface area contributed by atoms with E-state index < -0.39 is 0 Å². The van der Waals surface area contributed by atoms with Crippen molar-refractivity contribution >= 4 is 17.2 Å². The van der Waals surface area contributed by atoms with Crippen molar-refractivity contribution < 1.29 is 4.74 Å². The summed E-state index contributed by atoms with van der Waals surface area (Å²) in [7, 11) is 0. The quantitative estimate of drug-likeness (QED) is 0.866. The van der Waals surface area contributed by atoms with Crippen LogP contribution in [0.3, 0.4) is 0 Å². The highest BCUT2D eigenvalue weighted by Gasteiger charge is 2.27. The van der Waals surface area contributed by atoms with Gasteiger partial charge in [0.25, 0.3) is 0 Å². The summed E-state index contributed by atoms with van der Waals surface area (Å²) in [5, 5.41) is 0. The van der Waals surface area contributed by atoms with Gasteiger partial charge in [-0.1, -0.05) is 26.1 Å². The van der Waals surface area contributed by atoms with Gasteiger partial charge in [-0.3, -0.25) is 0 Å². The SMILES string of the molecule is Cc1cc(C)c(C(N)=S)c(OC2CCC(C)C(C)C2)n1. The summed E-state index contributed by atoms with van der Waals surface area (Å²) in [4.78, 5) is 4.87. The van der Waals surface area contributed by atoms with Crippen molar-refractivity contribution in [1.82, 2.24) is 4.98 Å². The Balaban J connectivity index is 2.23. The topological polar surface area (TPSA) is 48.1 Å². The van der Waals surface area contributed by atoms with Crippen LogP contribution < -0.4 is 10.5 Å². The normalized spacial score (nSPS) is 26.3. The summed E-state index contributed by atoms with van der Waals surface area (Å²) in [6, 6.07) is 1.99. The molecule has 0 aromatic carbocycles. The maximum atomic E-state index is 6.15. The van der Waals surface area contributed by atoms with Crippen LogP contribution in [0.2, 0.25) is 0 Å². The molecule has 4 heteroatoms. The van der Waals surface area contributed by atoms with Crippen molar-refractivity contribution in [2.45, 2.75) is 53.1 Å². The molecule has 0 aliphatic heterocycles. The zero-order valence-corrected chi connectivity index (χ0v) is 13.6. The number of hydrogen-bond acceptors (Lipinski definition) is 3. The van der Waals surface area contributed by atoms with Gasteiger partial charge in [0, 0.05) is 5.69 Å². The molecule has 1 saturated carbocycles. The summed E-state index contributed by atoms with van der Waals surface area (Å²) >= 11 is 5.15. The smallest absolute Gasteiger partial charge is 0.224 e. The zero-order valence-electron chi connectivity index (χ0n) is 12.8. The van der Waals surface area contributed by atoms with Crippen molar-refractivity contribution in [2.24, 2.45) is 17.6 Å². The van der Waals surface area contributed by atoms with Gasteiger partial charge in [0.1, 0.15) is 11.1 Å². The van der Waals surface area contributed by atoms with Crippen LogP contribution in [0.15, 0.2) is 6.07 Å². The molecule has 20 heavy (non-hydrogen) atoms. The predicted molar refractivity (Wildman–Crippen MR) is 86.2 cm³/mol. The predicted octanol–water partition coefficient (Wildman–Crippen LogP) is 3.54. The van der Waals surface area contributed by atoms with Crippen molar-refractivity contribution in [2.75, 3.05) is 0 Å². The van der Waals surface area contributed by atoms with E-state index in [-0.39, 0.29) is 6.10 Å². The molecule has 1 aliphatic rings. The van der Waals surface area contributed by atoms with E-state index in [0.717, 1.165) is 35.6 Å². The Labute approximate surface area is 126 Å². The van der Waals surface area contributed by atoms with Gasteiger partial charge in [-0.25, -0.2) is 4.98 Å². The van der Waals surface area contributed by atoms with E-state index in [4.69, 9.17) is 22.7 Å². The minimum absolute atomic E-state index is 0.225. The molecule has 1 aromatic heterocycles. The maximum absolute atomic E-state index is 6.15. The Kier molecular flexibility index (Phi) is 4.63. The summed E-state index contributed by atoms with van der Waals surface area (Å²) in [6.45, 7) is 8.58. The number of ether oxygens (including phenoxy) is 1. The highest BCUT2D eigenvalue weighted by molar-refractivity contribution is 7.80. The summed E-state index contributed by atoms with van der Waals surface area (Å²) in [5.74, 6) is 2.08. The first kappa shape index (κ1) is 15.2. The molecule has 0 saturated heterocycles. The molecule has 110 valence electrons. The molecule has 3 unspecified atom stereocenters. The van der Waals surface area contributed by atoms with Gasteiger partial charge in [-0.15, -0.1) is 0 Å². The fraction of sp³-hybridized carbons (Fsp3) is 0.625. The van der Waals surface area contributed by atoms with Crippen LogP contribution in [-0.4, -0.2) is 16.1 Å².